The number of fused-ring (bicyclic) bond motifs is 1. The lowest BCUT2D eigenvalue weighted by atomic mass is 10.1. The number of carboxylic acids is 1. The first-order chi connectivity index (χ1) is 7.09. The first-order valence-electron chi connectivity index (χ1n) is 4.47. The summed E-state index contributed by atoms with van der Waals surface area (Å²) in [4.78, 5) is 9.00. The Labute approximate surface area is 87.6 Å². The zero-order valence-corrected chi connectivity index (χ0v) is 8.34. The number of hydrogen-bond donors (Lipinski definition) is 2. The van der Waals surface area contributed by atoms with Crippen molar-refractivity contribution >= 4 is 16.7 Å². The van der Waals surface area contributed by atoms with Crippen LogP contribution in [-0.2, 0) is 4.79 Å². The fraction of sp³-hybridized carbons (Fsp3) is 0.0833. The van der Waals surface area contributed by atoms with Crippen molar-refractivity contribution in [3.05, 3.63) is 42.5 Å². The fourth-order valence-electron chi connectivity index (χ4n) is 1.18. The zero-order valence-electron chi connectivity index (χ0n) is 8.34. The lowest BCUT2D eigenvalue weighted by Crippen LogP contribution is -1.78. The molecule has 0 heterocycles. The van der Waals surface area contributed by atoms with Crippen LogP contribution < -0.4 is 0 Å². The Bertz CT molecular complexity index is 459. The van der Waals surface area contributed by atoms with Crippen LogP contribution in [0.25, 0.3) is 10.8 Å². The number of carboxylic acid groups (broad SMARTS) is 1. The molecule has 0 aliphatic heterocycles. The van der Waals surface area contributed by atoms with Crippen LogP contribution >= 0.6 is 0 Å². The lowest BCUT2D eigenvalue weighted by Gasteiger charge is -1.96. The molecule has 0 spiro atoms. The van der Waals surface area contributed by atoms with E-state index in [0.29, 0.717) is 5.75 Å². The molecule has 2 rings (SSSR count). The summed E-state index contributed by atoms with van der Waals surface area (Å²) in [5, 5.41) is 18.8. The predicted molar refractivity (Wildman–Crippen MR) is 58.9 cm³/mol. The third-order valence-corrected chi connectivity index (χ3v) is 1.73. The summed E-state index contributed by atoms with van der Waals surface area (Å²) in [6.45, 7) is 1.08. The summed E-state index contributed by atoms with van der Waals surface area (Å²) in [7, 11) is 0. The van der Waals surface area contributed by atoms with Gasteiger partial charge in [0.1, 0.15) is 5.75 Å². The minimum atomic E-state index is -0.833. The summed E-state index contributed by atoms with van der Waals surface area (Å²) in [6, 6.07) is 13.3. The van der Waals surface area contributed by atoms with Gasteiger partial charge < -0.3 is 10.2 Å². The van der Waals surface area contributed by atoms with Crippen molar-refractivity contribution in [1.82, 2.24) is 0 Å². The summed E-state index contributed by atoms with van der Waals surface area (Å²) >= 11 is 0. The third kappa shape index (κ3) is 3.68. The first-order valence-corrected chi connectivity index (χ1v) is 4.47. The van der Waals surface area contributed by atoms with Gasteiger partial charge in [0, 0.05) is 6.92 Å². The molecule has 0 bridgehead atoms. The van der Waals surface area contributed by atoms with E-state index < -0.39 is 5.97 Å². The number of benzene rings is 2. The van der Waals surface area contributed by atoms with Gasteiger partial charge in [-0.3, -0.25) is 4.79 Å². The number of carbonyl (C=O) groups is 1. The molecular formula is C12H12O3. The fourth-order valence-corrected chi connectivity index (χ4v) is 1.18. The standard InChI is InChI=1S/C10H8O.C2H4O2/c11-10-6-5-8-3-1-2-4-9(8)7-10;1-2(3)4/h1-7,11H;1H3,(H,3,4). The zero-order chi connectivity index (χ0) is 11.3. The minimum absolute atomic E-state index is 0.323. The molecule has 3 nitrogen and oxygen atoms in total. The van der Waals surface area contributed by atoms with Crippen LogP contribution in [0.5, 0.6) is 5.75 Å². The molecule has 2 N–H and O–H groups in total. The Morgan fingerprint density at radius 3 is 2.20 bits per heavy atom. The van der Waals surface area contributed by atoms with E-state index in [1.54, 1.807) is 12.1 Å². The van der Waals surface area contributed by atoms with Crippen LogP contribution in [0.15, 0.2) is 42.5 Å². The molecule has 15 heavy (non-hydrogen) atoms. The van der Waals surface area contributed by atoms with Crippen molar-refractivity contribution in [3.8, 4) is 5.75 Å². The smallest absolute Gasteiger partial charge is 0.300 e. The second kappa shape index (κ2) is 5.00. The molecule has 0 atom stereocenters. The number of phenols is 1. The molecule has 0 fully saturated rings. The van der Waals surface area contributed by atoms with Crippen LogP contribution in [-0.4, -0.2) is 16.2 Å². The molecular weight excluding hydrogens is 192 g/mol. The molecule has 0 saturated heterocycles. The van der Waals surface area contributed by atoms with Crippen molar-refractivity contribution < 1.29 is 15.0 Å². The maximum atomic E-state index is 9.13. The molecule has 2 aromatic carbocycles. The molecule has 2 aromatic rings. The van der Waals surface area contributed by atoms with E-state index >= 15 is 0 Å². The van der Waals surface area contributed by atoms with Gasteiger partial charge in [-0.05, 0) is 22.9 Å². The highest BCUT2D eigenvalue weighted by atomic mass is 16.4. The number of rotatable bonds is 0. The summed E-state index contributed by atoms with van der Waals surface area (Å²) < 4.78 is 0. The van der Waals surface area contributed by atoms with Crippen LogP contribution in [0.3, 0.4) is 0 Å². The number of phenolic OH excluding ortho intramolecular Hbond substituents is 1. The monoisotopic (exact) mass is 204 g/mol. The van der Waals surface area contributed by atoms with Crippen molar-refractivity contribution in [3.63, 3.8) is 0 Å². The maximum Gasteiger partial charge on any atom is 0.300 e. The van der Waals surface area contributed by atoms with Crippen LogP contribution in [0.2, 0.25) is 0 Å². The van der Waals surface area contributed by atoms with Crippen LogP contribution in [0, 0.1) is 0 Å². The SMILES string of the molecule is CC(=O)O.Oc1ccc2ccccc2c1. The Morgan fingerprint density at radius 2 is 1.60 bits per heavy atom. The molecule has 0 aliphatic carbocycles. The molecule has 0 aliphatic rings. The average Bonchev–Trinajstić information content (AvgIpc) is 2.16. The van der Waals surface area contributed by atoms with Crippen molar-refractivity contribution in [1.29, 1.82) is 0 Å². The van der Waals surface area contributed by atoms with E-state index in [2.05, 4.69) is 0 Å². The van der Waals surface area contributed by atoms with Gasteiger partial charge in [-0.15, -0.1) is 0 Å². The van der Waals surface area contributed by atoms with E-state index in [4.69, 9.17) is 15.0 Å². The van der Waals surface area contributed by atoms with Gasteiger partial charge in [0.2, 0.25) is 0 Å². The quantitative estimate of drug-likeness (QED) is 0.693. The van der Waals surface area contributed by atoms with Gasteiger partial charge in [-0.1, -0.05) is 30.3 Å². The summed E-state index contributed by atoms with van der Waals surface area (Å²) in [6.07, 6.45) is 0. The highest BCUT2D eigenvalue weighted by Gasteiger charge is 1.91. The second-order valence-electron chi connectivity index (χ2n) is 3.05. The Balaban J connectivity index is 0.000000245. The van der Waals surface area contributed by atoms with Gasteiger partial charge in [0.15, 0.2) is 0 Å². The van der Waals surface area contributed by atoms with Crippen molar-refractivity contribution in [2.24, 2.45) is 0 Å². The number of hydrogen-bond acceptors (Lipinski definition) is 2. The normalized spacial score (nSPS) is 9.13. The molecule has 78 valence electrons. The molecule has 3 heteroatoms. The number of aliphatic carboxylic acids is 1. The molecule has 0 aromatic heterocycles. The Morgan fingerprint density at radius 1 is 1.07 bits per heavy atom. The van der Waals surface area contributed by atoms with Gasteiger partial charge in [0.25, 0.3) is 5.97 Å². The molecule has 0 saturated carbocycles. The minimum Gasteiger partial charge on any atom is -0.508 e. The topological polar surface area (TPSA) is 57.5 Å². The molecule has 0 amide bonds. The Hall–Kier alpha value is -2.03. The number of aromatic hydroxyl groups is 1. The van der Waals surface area contributed by atoms with Crippen LogP contribution in [0.4, 0.5) is 0 Å². The van der Waals surface area contributed by atoms with Crippen molar-refractivity contribution in [2.45, 2.75) is 6.92 Å². The van der Waals surface area contributed by atoms with Crippen LogP contribution in [0.1, 0.15) is 6.92 Å². The largest absolute Gasteiger partial charge is 0.508 e. The third-order valence-electron chi connectivity index (χ3n) is 1.73. The molecule has 0 unspecified atom stereocenters. The maximum absolute atomic E-state index is 9.13. The summed E-state index contributed by atoms with van der Waals surface area (Å²) in [5.74, 6) is -0.510. The predicted octanol–water partition coefficient (Wildman–Crippen LogP) is 2.64. The van der Waals surface area contributed by atoms with Gasteiger partial charge in [-0.2, -0.15) is 0 Å². The first kappa shape index (κ1) is 11.0. The van der Waals surface area contributed by atoms with Gasteiger partial charge in [0.05, 0.1) is 0 Å². The molecule has 0 radical (unpaired) electrons. The van der Waals surface area contributed by atoms with Gasteiger partial charge in [-0.25, -0.2) is 0 Å². The Kier molecular flexibility index (Phi) is 3.68. The average molecular weight is 204 g/mol. The van der Waals surface area contributed by atoms with Gasteiger partial charge >= 0.3 is 0 Å². The highest BCUT2D eigenvalue weighted by Crippen LogP contribution is 2.18. The van der Waals surface area contributed by atoms with E-state index in [1.165, 1.54) is 0 Å². The van der Waals surface area contributed by atoms with E-state index in [9.17, 15) is 0 Å². The lowest BCUT2D eigenvalue weighted by molar-refractivity contribution is -0.134. The van der Waals surface area contributed by atoms with E-state index in [1.807, 2.05) is 30.3 Å². The highest BCUT2D eigenvalue weighted by molar-refractivity contribution is 5.83. The summed E-state index contributed by atoms with van der Waals surface area (Å²) in [5.41, 5.74) is 0. The van der Waals surface area contributed by atoms with Crippen molar-refractivity contribution in [2.75, 3.05) is 0 Å². The van der Waals surface area contributed by atoms with E-state index in [-0.39, 0.29) is 0 Å². The van der Waals surface area contributed by atoms with E-state index in [0.717, 1.165) is 17.7 Å². The second-order valence-corrected chi connectivity index (χ2v) is 3.05.